The first-order valence-corrected chi connectivity index (χ1v) is 13.8. The van der Waals surface area contributed by atoms with Crippen LogP contribution in [0.1, 0.15) is 76.6 Å². The monoisotopic (exact) mass is 488 g/mol. The molecule has 4 aliphatic carbocycles. The first-order chi connectivity index (χ1) is 17.0. The van der Waals surface area contributed by atoms with Gasteiger partial charge in [-0.2, -0.15) is 5.10 Å². The molecule has 0 radical (unpaired) electrons. The second-order valence-corrected chi connectivity index (χ2v) is 12.8. The van der Waals surface area contributed by atoms with Crippen molar-refractivity contribution in [2.24, 2.45) is 34.5 Å². The van der Waals surface area contributed by atoms with E-state index in [0.717, 1.165) is 30.6 Å². The molecule has 0 amide bonds. The molecule has 0 saturated heterocycles. The largest absolute Gasteiger partial charge is 0.393 e. The zero-order valence-corrected chi connectivity index (χ0v) is 22.3. The van der Waals surface area contributed by atoms with Gasteiger partial charge in [0.1, 0.15) is 5.60 Å². The Morgan fingerprint density at radius 2 is 1.94 bits per heavy atom. The van der Waals surface area contributed by atoms with Crippen molar-refractivity contribution in [2.45, 2.75) is 84.8 Å². The van der Waals surface area contributed by atoms with Crippen molar-refractivity contribution >= 4 is 11.9 Å². The van der Waals surface area contributed by atoms with Gasteiger partial charge < -0.3 is 10.2 Å². The number of fused-ring (bicyclic) bond motifs is 6. The predicted octanol–water partition coefficient (Wildman–Crippen LogP) is 5.29. The zero-order valence-electron chi connectivity index (χ0n) is 22.3. The highest BCUT2D eigenvalue weighted by Crippen LogP contribution is 2.68. The van der Waals surface area contributed by atoms with Gasteiger partial charge in [0.05, 0.1) is 23.7 Å². The molecule has 1 heterocycles. The lowest BCUT2D eigenvalue weighted by Gasteiger charge is -2.61. The van der Waals surface area contributed by atoms with Gasteiger partial charge in [0.25, 0.3) is 0 Å². The fourth-order valence-electron chi connectivity index (χ4n) is 9.27. The molecule has 5 heteroatoms. The van der Waals surface area contributed by atoms with Gasteiger partial charge in [-0.05, 0) is 91.9 Å². The number of hydrogen-bond acceptors (Lipinski definition) is 4. The van der Waals surface area contributed by atoms with E-state index >= 15 is 0 Å². The van der Waals surface area contributed by atoms with E-state index in [1.807, 2.05) is 13.1 Å². The third-order valence-electron chi connectivity index (χ3n) is 11.0. The third kappa shape index (κ3) is 3.02. The van der Waals surface area contributed by atoms with Crippen molar-refractivity contribution in [2.75, 3.05) is 0 Å². The van der Waals surface area contributed by atoms with Gasteiger partial charge in [-0.25, -0.2) is 4.68 Å². The molecule has 192 valence electrons. The molecule has 0 aliphatic heterocycles. The first-order valence-electron chi connectivity index (χ1n) is 13.8. The second kappa shape index (κ2) is 7.88. The number of nitrogens with zero attached hydrogens (tertiary/aromatic N) is 2. The molecule has 3 fully saturated rings. The number of allylic oxidation sites excluding steroid dienone is 1. The van der Waals surface area contributed by atoms with Crippen LogP contribution in [0.4, 0.5) is 0 Å². The van der Waals surface area contributed by atoms with Crippen molar-refractivity contribution in [3.05, 3.63) is 52.9 Å². The molecule has 1 aromatic heterocycles. The van der Waals surface area contributed by atoms with Crippen LogP contribution >= 0.6 is 0 Å². The summed E-state index contributed by atoms with van der Waals surface area (Å²) in [6, 6.07) is 8.50. The summed E-state index contributed by atoms with van der Waals surface area (Å²) in [6.45, 7) is 10.7. The Kier molecular flexibility index (Phi) is 5.28. The number of aliphatic hydroxyl groups is 2. The Morgan fingerprint density at radius 3 is 2.64 bits per heavy atom. The second-order valence-electron chi connectivity index (χ2n) is 12.8. The van der Waals surface area contributed by atoms with Crippen LogP contribution in [-0.4, -0.2) is 37.5 Å². The van der Waals surface area contributed by atoms with Crippen LogP contribution < -0.4 is 0 Å². The van der Waals surface area contributed by atoms with Crippen LogP contribution in [0.15, 0.2) is 36.0 Å². The lowest BCUT2D eigenvalue weighted by atomic mass is 9.44. The van der Waals surface area contributed by atoms with Crippen molar-refractivity contribution < 1.29 is 15.0 Å². The summed E-state index contributed by atoms with van der Waals surface area (Å²) in [5.74, 6) is 0.982. The lowest BCUT2D eigenvalue weighted by Crippen LogP contribution is -2.62. The van der Waals surface area contributed by atoms with E-state index in [-0.39, 0.29) is 23.0 Å². The summed E-state index contributed by atoms with van der Waals surface area (Å²) in [5.41, 5.74) is 4.09. The van der Waals surface area contributed by atoms with Crippen LogP contribution in [-0.2, 0) is 11.2 Å². The van der Waals surface area contributed by atoms with Crippen LogP contribution in [0.3, 0.4) is 0 Å². The number of ketones is 1. The molecular weight excluding hydrogens is 448 g/mol. The summed E-state index contributed by atoms with van der Waals surface area (Å²) in [7, 11) is 0. The van der Waals surface area contributed by atoms with Crippen LogP contribution in [0.2, 0.25) is 0 Å². The Bertz CT molecular complexity index is 1250. The number of hydrogen-bond donors (Lipinski definition) is 2. The average molecular weight is 489 g/mol. The number of aromatic nitrogens is 2. The van der Waals surface area contributed by atoms with Crippen molar-refractivity contribution in [3.8, 4) is 5.69 Å². The number of carbonyl (C=O) groups is 1. The normalized spacial score (nSPS) is 41.1. The van der Waals surface area contributed by atoms with E-state index in [1.54, 1.807) is 0 Å². The maximum absolute atomic E-state index is 12.9. The van der Waals surface area contributed by atoms with Crippen LogP contribution in [0.5, 0.6) is 0 Å². The molecular formula is C31H40N2O3. The van der Waals surface area contributed by atoms with E-state index < -0.39 is 17.1 Å². The molecule has 8 atom stereocenters. The van der Waals surface area contributed by atoms with Crippen LogP contribution in [0.25, 0.3) is 11.8 Å². The predicted molar refractivity (Wildman–Crippen MR) is 141 cm³/mol. The quantitative estimate of drug-likeness (QED) is 0.616. The highest BCUT2D eigenvalue weighted by Gasteiger charge is 2.68. The fraction of sp³-hybridized carbons (Fsp3) is 0.613. The lowest BCUT2D eigenvalue weighted by molar-refractivity contribution is -0.181. The minimum atomic E-state index is -1.31. The summed E-state index contributed by atoms with van der Waals surface area (Å²) in [4.78, 5) is 12.9. The molecule has 5 nitrogen and oxygen atoms in total. The molecule has 1 aromatic carbocycles. The number of aliphatic hydroxyl groups excluding tert-OH is 1. The van der Waals surface area contributed by atoms with E-state index in [1.165, 1.54) is 16.7 Å². The molecule has 0 spiro atoms. The SMILES string of the molecule is CCC(=O)[C@@]1(O)CC[C@H]2[C@@H]3C[C@H](C)C4=Cc5c(cnn5-c5ccc(C)cc5)C[C@]4(C)[C@H]3[C@@H](O)C[C@@]21C. The van der Waals surface area contributed by atoms with Gasteiger partial charge in [0.2, 0.25) is 0 Å². The smallest absolute Gasteiger partial charge is 0.164 e. The average Bonchev–Trinajstić information content (AvgIpc) is 3.35. The highest BCUT2D eigenvalue weighted by molar-refractivity contribution is 5.88. The summed E-state index contributed by atoms with van der Waals surface area (Å²) in [5, 5.41) is 28.2. The molecule has 0 unspecified atom stereocenters. The summed E-state index contributed by atoms with van der Waals surface area (Å²) >= 11 is 0. The van der Waals surface area contributed by atoms with Gasteiger partial charge in [0, 0.05) is 11.8 Å². The maximum Gasteiger partial charge on any atom is 0.164 e. The van der Waals surface area contributed by atoms with E-state index in [9.17, 15) is 15.0 Å². The molecule has 2 N–H and O–H groups in total. The third-order valence-corrected chi connectivity index (χ3v) is 11.0. The molecule has 4 aliphatic rings. The molecule has 0 bridgehead atoms. The summed E-state index contributed by atoms with van der Waals surface area (Å²) < 4.78 is 2.06. The number of carbonyl (C=O) groups excluding carboxylic acids is 1. The Balaban J connectivity index is 1.40. The molecule has 3 saturated carbocycles. The fourth-order valence-corrected chi connectivity index (χ4v) is 9.27. The first kappa shape index (κ1) is 24.1. The Hall–Kier alpha value is -2.24. The van der Waals surface area contributed by atoms with Crippen LogP contribution in [0, 0.1) is 41.4 Å². The number of Topliss-reactive ketones (excluding diaryl/α,β-unsaturated/α-hetero) is 1. The maximum atomic E-state index is 12.9. The molecule has 36 heavy (non-hydrogen) atoms. The number of benzene rings is 1. The Morgan fingerprint density at radius 1 is 1.22 bits per heavy atom. The van der Waals surface area contributed by atoms with Gasteiger partial charge in [-0.1, -0.05) is 51.0 Å². The number of aryl methyl sites for hydroxylation is 1. The molecule has 6 rings (SSSR count). The van der Waals surface area contributed by atoms with E-state index in [4.69, 9.17) is 5.10 Å². The van der Waals surface area contributed by atoms with Gasteiger partial charge in [0.15, 0.2) is 5.78 Å². The standard InChI is InChI=1S/C31H40N2O3/c1-6-27(35)31(36)12-11-23-22-13-19(3)24-14-25-20(17-32-33(25)21-9-7-18(2)8-10-21)15-29(24,4)28(22)26(34)16-30(23,31)5/h7-10,14,17,19,22-23,26,28,34,36H,6,11-13,15-16H2,1-5H3/t19-,22-,23-,26-,28+,29-,30-,31-/m0/s1. The van der Waals surface area contributed by atoms with Gasteiger partial charge in [-0.3, -0.25) is 4.79 Å². The topological polar surface area (TPSA) is 75.3 Å². The highest BCUT2D eigenvalue weighted by atomic mass is 16.3. The van der Waals surface area contributed by atoms with Gasteiger partial charge >= 0.3 is 0 Å². The van der Waals surface area contributed by atoms with Crippen molar-refractivity contribution in [1.82, 2.24) is 9.78 Å². The van der Waals surface area contributed by atoms with Crippen molar-refractivity contribution in [1.29, 1.82) is 0 Å². The minimum absolute atomic E-state index is 0.0559. The van der Waals surface area contributed by atoms with Gasteiger partial charge in [-0.15, -0.1) is 0 Å². The molecule has 2 aromatic rings. The Labute approximate surface area is 214 Å². The van der Waals surface area contributed by atoms with E-state index in [2.05, 4.69) is 62.7 Å². The minimum Gasteiger partial charge on any atom is -0.393 e. The zero-order chi connectivity index (χ0) is 25.6. The van der Waals surface area contributed by atoms with Crippen molar-refractivity contribution in [3.63, 3.8) is 0 Å². The summed E-state index contributed by atoms with van der Waals surface area (Å²) in [6.07, 6.45) is 7.92. The number of rotatable bonds is 3. The van der Waals surface area contributed by atoms with E-state index in [0.29, 0.717) is 31.1 Å².